The number of hydrogen-bond acceptors (Lipinski definition) is 5. The molecule has 4 rings (SSSR count). The van der Waals surface area contributed by atoms with E-state index in [4.69, 9.17) is 0 Å². The smallest absolute Gasteiger partial charge is 0.221 e. The molecule has 4 heterocycles. The average Bonchev–Trinajstić information content (AvgIpc) is 3.13. The van der Waals surface area contributed by atoms with Crippen molar-refractivity contribution in [3.8, 4) is 0 Å². The summed E-state index contributed by atoms with van der Waals surface area (Å²) in [7, 11) is 1.92. The summed E-state index contributed by atoms with van der Waals surface area (Å²) >= 11 is 0. The highest BCUT2D eigenvalue weighted by Gasteiger charge is 2.49. The van der Waals surface area contributed by atoms with Gasteiger partial charge >= 0.3 is 0 Å². The van der Waals surface area contributed by atoms with Crippen LogP contribution in [0.4, 0.5) is 5.82 Å². The van der Waals surface area contributed by atoms with Gasteiger partial charge in [0.05, 0.1) is 17.4 Å². The Labute approximate surface area is 141 Å². The quantitative estimate of drug-likeness (QED) is 0.896. The molecule has 2 aliphatic rings. The number of rotatable bonds is 2. The van der Waals surface area contributed by atoms with Gasteiger partial charge in [0.15, 0.2) is 5.82 Å². The Hall–Kier alpha value is -2.44. The van der Waals surface area contributed by atoms with Gasteiger partial charge in [-0.15, -0.1) is 5.10 Å². The average molecular weight is 326 g/mol. The molecule has 0 aromatic carbocycles. The first-order valence-electron chi connectivity index (χ1n) is 8.41. The van der Waals surface area contributed by atoms with E-state index in [1.165, 1.54) is 0 Å². The van der Waals surface area contributed by atoms with E-state index in [0.717, 1.165) is 43.0 Å². The molecule has 1 spiro atoms. The summed E-state index contributed by atoms with van der Waals surface area (Å²) in [6.07, 6.45) is 6.30. The second-order valence-electron chi connectivity index (χ2n) is 6.93. The van der Waals surface area contributed by atoms with Crippen molar-refractivity contribution in [2.75, 3.05) is 18.0 Å². The lowest BCUT2D eigenvalue weighted by Crippen LogP contribution is -2.53. The van der Waals surface area contributed by atoms with Crippen molar-refractivity contribution in [1.29, 1.82) is 0 Å². The van der Waals surface area contributed by atoms with E-state index >= 15 is 0 Å². The van der Waals surface area contributed by atoms with Gasteiger partial charge in [0.2, 0.25) is 5.91 Å². The molecular formula is C17H22N6O. The number of hydrogen-bond donors (Lipinski definition) is 1. The van der Waals surface area contributed by atoms with Crippen LogP contribution in [-0.4, -0.2) is 44.5 Å². The Morgan fingerprint density at radius 1 is 1.25 bits per heavy atom. The summed E-state index contributed by atoms with van der Waals surface area (Å²) in [5.74, 6) is 1.26. The van der Waals surface area contributed by atoms with Crippen LogP contribution in [0.25, 0.3) is 0 Å². The van der Waals surface area contributed by atoms with Gasteiger partial charge in [0.1, 0.15) is 0 Å². The molecule has 2 fully saturated rings. The lowest BCUT2D eigenvalue weighted by molar-refractivity contribution is -0.119. The molecule has 0 saturated carbocycles. The van der Waals surface area contributed by atoms with Crippen LogP contribution in [0.5, 0.6) is 0 Å². The van der Waals surface area contributed by atoms with Crippen LogP contribution in [-0.2, 0) is 11.8 Å². The molecule has 1 atom stereocenters. The third-order valence-corrected chi connectivity index (χ3v) is 5.34. The van der Waals surface area contributed by atoms with Gasteiger partial charge in [-0.3, -0.25) is 9.48 Å². The SMILES string of the molecule is Cc1ccc(N2CCC3(CC2)NC(=O)CC3c2cnn(C)c2)nn1. The van der Waals surface area contributed by atoms with Crippen molar-refractivity contribution in [2.24, 2.45) is 7.05 Å². The predicted molar refractivity (Wildman–Crippen MR) is 89.7 cm³/mol. The molecule has 1 amide bonds. The summed E-state index contributed by atoms with van der Waals surface area (Å²) in [5, 5.41) is 16.0. The zero-order valence-electron chi connectivity index (χ0n) is 14.1. The van der Waals surface area contributed by atoms with Gasteiger partial charge in [-0.05, 0) is 37.5 Å². The molecule has 126 valence electrons. The topological polar surface area (TPSA) is 75.9 Å². The molecule has 2 saturated heterocycles. The third kappa shape index (κ3) is 2.53. The maximum atomic E-state index is 12.1. The number of aromatic nitrogens is 4. The molecule has 7 heteroatoms. The van der Waals surface area contributed by atoms with Crippen LogP contribution >= 0.6 is 0 Å². The normalized spacial score (nSPS) is 22.8. The van der Waals surface area contributed by atoms with Crippen molar-refractivity contribution in [3.63, 3.8) is 0 Å². The summed E-state index contributed by atoms with van der Waals surface area (Å²) in [6.45, 7) is 3.68. The van der Waals surface area contributed by atoms with Gasteiger partial charge < -0.3 is 10.2 Å². The molecule has 1 N–H and O–H groups in total. The van der Waals surface area contributed by atoms with Crippen LogP contribution in [0.2, 0.25) is 0 Å². The first-order valence-corrected chi connectivity index (χ1v) is 8.41. The summed E-state index contributed by atoms with van der Waals surface area (Å²) < 4.78 is 1.81. The van der Waals surface area contributed by atoms with E-state index in [1.54, 1.807) is 0 Å². The number of anilines is 1. The maximum absolute atomic E-state index is 12.1. The highest BCUT2D eigenvalue weighted by Crippen LogP contribution is 2.43. The second-order valence-corrected chi connectivity index (χ2v) is 6.93. The number of carbonyl (C=O) groups excluding carboxylic acids is 1. The van der Waals surface area contributed by atoms with Crippen LogP contribution in [0.15, 0.2) is 24.5 Å². The van der Waals surface area contributed by atoms with Gasteiger partial charge in [-0.2, -0.15) is 10.2 Å². The van der Waals surface area contributed by atoms with Crippen molar-refractivity contribution in [3.05, 3.63) is 35.8 Å². The van der Waals surface area contributed by atoms with E-state index in [9.17, 15) is 4.79 Å². The Bertz CT molecular complexity index is 745. The van der Waals surface area contributed by atoms with Gasteiger partial charge in [0.25, 0.3) is 0 Å². The number of carbonyl (C=O) groups is 1. The standard InChI is InChI=1S/C17H22N6O/c1-12-3-4-15(21-20-12)23-7-5-17(6-8-23)14(9-16(24)19-17)13-10-18-22(2)11-13/h3-4,10-11,14H,5-9H2,1-2H3,(H,19,24). The van der Waals surface area contributed by atoms with Crippen LogP contribution in [0.3, 0.4) is 0 Å². The van der Waals surface area contributed by atoms with E-state index in [0.29, 0.717) is 6.42 Å². The first kappa shape index (κ1) is 15.1. The predicted octanol–water partition coefficient (Wildman–Crippen LogP) is 1.16. The lowest BCUT2D eigenvalue weighted by atomic mass is 9.75. The number of piperidine rings is 1. The molecule has 24 heavy (non-hydrogen) atoms. The van der Waals surface area contributed by atoms with Gasteiger partial charge in [-0.1, -0.05) is 0 Å². The van der Waals surface area contributed by atoms with Gasteiger partial charge in [0, 0.05) is 38.7 Å². The molecule has 2 aromatic heterocycles. The van der Waals surface area contributed by atoms with Crippen molar-refractivity contribution < 1.29 is 4.79 Å². The summed E-state index contributed by atoms with van der Waals surface area (Å²) in [6, 6.07) is 4.01. The zero-order chi connectivity index (χ0) is 16.7. The van der Waals surface area contributed by atoms with E-state index < -0.39 is 0 Å². The number of nitrogens with zero attached hydrogens (tertiary/aromatic N) is 5. The van der Waals surface area contributed by atoms with Crippen molar-refractivity contribution in [2.45, 2.75) is 37.6 Å². The number of nitrogens with one attached hydrogen (secondary N) is 1. The fraction of sp³-hybridized carbons (Fsp3) is 0.529. The van der Waals surface area contributed by atoms with E-state index in [-0.39, 0.29) is 17.4 Å². The molecule has 0 aliphatic carbocycles. The minimum absolute atomic E-state index is 0.146. The van der Waals surface area contributed by atoms with Crippen LogP contribution in [0.1, 0.15) is 36.4 Å². The highest BCUT2D eigenvalue weighted by atomic mass is 16.2. The molecule has 1 unspecified atom stereocenters. The molecule has 2 aromatic rings. The molecule has 0 radical (unpaired) electrons. The first-order chi connectivity index (χ1) is 11.6. The van der Waals surface area contributed by atoms with Crippen LogP contribution < -0.4 is 10.2 Å². The number of amides is 1. The zero-order valence-corrected chi connectivity index (χ0v) is 14.1. The highest BCUT2D eigenvalue weighted by molar-refractivity contribution is 5.81. The Kier molecular flexibility index (Phi) is 3.51. The monoisotopic (exact) mass is 326 g/mol. The minimum atomic E-state index is -0.158. The lowest BCUT2D eigenvalue weighted by Gasteiger charge is -2.42. The van der Waals surface area contributed by atoms with Crippen molar-refractivity contribution in [1.82, 2.24) is 25.3 Å². The molecule has 2 aliphatic heterocycles. The molecule has 0 bridgehead atoms. The van der Waals surface area contributed by atoms with Crippen molar-refractivity contribution >= 4 is 11.7 Å². The van der Waals surface area contributed by atoms with E-state index in [2.05, 4.69) is 25.5 Å². The summed E-state index contributed by atoms with van der Waals surface area (Å²) in [4.78, 5) is 14.4. The largest absolute Gasteiger partial charge is 0.355 e. The Balaban J connectivity index is 1.54. The Morgan fingerprint density at radius 2 is 2.04 bits per heavy atom. The summed E-state index contributed by atoms with van der Waals surface area (Å²) in [5.41, 5.74) is 1.92. The van der Waals surface area contributed by atoms with Gasteiger partial charge in [-0.25, -0.2) is 0 Å². The van der Waals surface area contributed by atoms with E-state index in [1.807, 2.05) is 43.2 Å². The number of aryl methyl sites for hydroxylation is 2. The third-order valence-electron chi connectivity index (χ3n) is 5.34. The molecule has 7 nitrogen and oxygen atoms in total. The fourth-order valence-electron chi connectivity index (χ4n) is 4.02. The van der Waals surface area contributed by atoms with Crippen LogP contribution in [0, 0.1) is 6.92 Å². The second kappa shape index (κ2) is 5.58. The molecular weight excluding hydrogens is 304 g/mol. The fourth-order valence-corrected chi connectivity index (χ4v) is 4.02. The Morgan fingerprint density at radius 3 is 2.67 bits per heavy atom. The minimum Gasteiger partial charge on any atom is -0.355 e. The maximum Gasteiger partial charge on any atom is 0.221 e.